The Morgan fingerprint density at radius 1 is 1.43 bits per heavy atom. The Morgan fingerprint density at radius 3 is 2.86 bits per heavy atom. The molecule has 1 aromatic carbocycles. The summed E-state index contributed by atoms with van der Waals surface area (Å²) in [7, 11) is 2.01. The summed E-state index contributed by atoms with van der Waals surface area (Å²) in [5, 5.41) is 0. The maximum atomic E-state index is 12.8. The topological polar surface area (TPSA) is 3.24 Å². The predicted octanol–water partition coefficient (Wildman–Crippen LogP) is 2.89. The van der Waals surface area contributed by atoms with Gasteiger partial charge in [-0.3, -0.25) is 0 Å². The normalized spacial score (nSPS) is 10.9. The van der Waals surface area contributed by atoms with Crippen LogP contribution in [-0.2, 0) is 6.54 Å². The maximum Gasteiger partial charge on any atom is 0.123 e. The first-order valence-electron chi connectivity index (χ1n) is 4.71. The van der Waals surface area contributed by atoms with Gasteiger partial charge in [0.25, 0.3) is 0 Å². The van der Waals surface area contributed by atoms with Crippen molar-refractivity contribution in [3.05, 3.63) is 35.6 Å². The van der Waals surface area contributed by atoms with Crippen LogP contribution in [0.3, 0.4) is 0 Å². The van der Waals surface area contributed by atoms with Crippen molar-refractivity contribution in [2.75, 3.05) is 19.5 Å². The van der Waals surface area contributed by atoms with Crippen LogP contribution in [0.1, 0.15) is 12.0 Å². The van der Waals surface area contributed by atoms with Gasteiger partial charge >= 0.3 is 0 Å². The van der Waals surface area contributed by atoms with Gasteiger partial charge in [0, 0.05) is 12.4 Å². The van der Waals surface area contributed by atoms with Crippen LogP contribution >= 0.6 is 11.6 Å². The van der Waals surface area contributed by atoms with Crippen molar-refractivity contribution in [3.63, 3.8) is 0 Å². The fraction of sp³-hybridized carbons (Fsp3) is 0.455. The molecule has 0 heterocycles. The highest BCUT2D eigenvalue weighted by Gasteiger charge is 2.00. The maximum absolute atomic E-state index is 12.8. The van der Waals surface area contributed by atoms with E-state index in [1.54, 1.807) is 12.1 Å². The Balaban J connectivity index is 2.43. The molecule has 0 bridgehead atoms. The van der Waals surface area contributed by atoms with E-state index >= 15 is 0 Å². The molecule has 0 aliphatic carbocycles. The standard InChI is InChI=1S/C11H15ClFN/c1-14(7-3-6-12)9-10-4-2-5-11(13)8-10/h2,4-5,8H,3,6-7,9H2,1H3. The van der Waals surface area contributed by atoms with Crippen molar-refractivity contribution in [2.45, 2.75) is 13.0 Å². The zero-order chi connectivity index (χ0) is 10.4. The number of nitrogens with zero attached hydrogens (tertiary/aromatic N) is 1. The average Bonchev–Trinajstić information content (AvgIpc) is 2.15. The van der Waals surface area contributed by atoms with Gasteiger partial charge in [0.05, 0.1) is 0 Å². The van der Waals surface area contributed by atoms with Crippen LogP contribution in [0.25, 0.3) is 0 Å². The Labute approximate surface area is 89.5 Å². The zero-order valence-electron chi connectivity index (χ0n) is 8.34. The van der Waals surface area contributed by atoms with Gasteiger partial charge in [0.2, 0.25) is 0 Å². The highest BCUT2D eigenvalue weighted by molar-refractivity contribution is 6.17. The molecule has 0 amide bonds. The van der Waals surface area contributed by atoms with Crippen molar-refractivity contribution < 1.29 is 4.39 Å². The first kappa shape index (κ1) is 11.5. The molecule has 78 valence electrons. The molecule has 0 aliphatic rings. The number of hydrogen-bond acceptors (Lipinski definition) is 1. The summed E-state index contributed by atoms with van der Waals surface area (Å²) in [6.07, 6.45) is 0.966. The monoisotopic (exact) mass is 215 g/mol. The number of halogens is 2. The van der Waals surface area contributed by atoms with Gasteiger partial charge < -0.3 is 4.90 Å². The highest BCUT2D eigenvalue weighted by atomic mass is 35.5. The Morgan fingerprint density at radius 2 is 2.21 bits per heavy atom. The van der Waals surface area contributed by atoms with E-state index in [9.17, 15) is 4.39 Å². The third kappa shape index (κ3) is 4.07. The van der Waals surface area contributed by atoms with Crippen LogP contribution in [0.5, 0.6) is 0 Å². The van der Waals surface area contributed by atoms with Crippen LogP contribution in [0.4, 0.5) is 4.39 Å². The number of hydrogen-bond donors (Lipinski definition) is 0. The third-order valence-corrected chi connectivity index (χ3v) is 2.28. The Kier molecular flexibility index (Phi) is 4.91. The van der Waals surface area contributed by atoms with Crippen molar-refractivity contribution in [2.24, 2.45) is 0 Å². The lowest BCUT2D eigenvalue weighted by molar-refractivity contribution is 0.328. The van der Waals surface area contributed by atoms with Crippen LogP contribution in [0.2, 0.25) is 0 Å². The van der Waals surface area contributed by atoms with Gasteiger partial charge in [-0.05, 0) is 37.7 Å². The van der Waals surface area contributed by atoms with Crippen LogP contribution < -0.4 is 0 Å². The van der Waals surface area contributed by atoms with Gasteiger partial charge in [-0.25, -0.2) is 4.39 Å². The third-order valence-electron chi connectivity index (χ3n) is 2.01. The molecule has 0 atom stereocenters. The van der Waals surface area contributed by atoms with Crippen LogP contribution in [0, 0.1) is 5.82 Å². The number of rotatable bonds is 5. The lowest BCUT2D eigenvalue weighted by Crippen LogP contribution is -2.19. The molecule has 1 nitrogen and oxygen atoms in total. The van der Waals surface area contributed by atoms with E-state index in [1.165, 1.54) is 6.07 Å². The molecule has 0 unspecified atom stereocenters. The second-order valence-corrected chi connectivity index (χ2v) is 3.79. The second-order valence-electron chi connectivity index (χ2n) is 3.41. The van der Waals surface area contributed by atoms with E-state index < -0.39 is 0 Å². The largest absolute Gasteiger partial charge is 0.302 e. The van der Waals surface area contributed by atoms with Crippen molar-refractivity contribution in [1.29, 1.82) is 0 Å². The Hall–Kier alpha value is -0.600. The van der Waals surface area contributed by atoms with Gasteiger partial charge in [0.15, 0.2) is 0 Å². The summed E-state index contributed by atoms with van der Waals surface area (Å²) in [5.74, 6) is 0.501. The molecule has 0 saturated heterocycles. The van der Waals surface area contributed by atoms with Gasteiger partial charge in [-0.1, -0.05) is 12.1 Å². The van der Waals surface area contributed by atoms with Crippen molar-refractivity contribution in [3.8, 4) is 0 Å². The van der Waals surface area contributed by atoms with E-state index in [-0.39, 0.29) is 5.82 Å². The summed E-state index contributed by atoms with van der Waals surface area (Å²) in [6.45, 7) is 1.72. The van der Waals surface area contributed by atoms with Crippen LogP contribution in [0.15, 0.2) is 24.3 Å². The van der Waals surface area contributed by atoms with Crippen LogP contribution in [-0.4, -0.2) is 24.4 Å². The summed E-state index contributed by atoms with van der Waals surface area (Å²) in [5.41, 5.74) is 1.00. The molecule has 0 saturated carbocycles. The molecule has 0 aromatic heterocycles. The predicted molar refractivity (Wildman–Crippen MR) is 58.1 cm³/mol. The zero-order valence-corrected chi connectivity index (χ0v) is 9.10. The molecule has 0 spiro atoms. The summed E-state index contributed by atoms with van der Waals surface area (Å²) in [4.78, 5) is 2.14. The summed E-state index contributed by atoms with van der Waals surface area (Å²) < 4.78 is 12.8. The SMILES string of the molecule is CN(CCCCl)Cc1cccc(F)c1. The molecule has 0 N–H and O–H groups in total. The fourth-order valence-electron chi connectivity index (χ4n) is 1.36. The van der Waals surface area contributed by atoms with E-state index in [2.05, 4.69) is 4.90 Å². The number of benzene rings is 1. The van der Waals surface area contributed by atoms with E-state index in [0.717, 1.165) is 25.1 Å². The first-order chi connectivity index (χ1) is 6.72. The van der Waals surface area contributed by atoms with E-state index in [1.807, 2.05) is 13.1 Å². The van der Waals surface area contributed by atoms with Gasteiger partial charge in [-0.2, -0.15) is 0 Å². The van der Waals surface area contributed by atoms with Crippen molar-refractivity contribution >= 4 is 11.6 Å². The molecular weight excluding hydrogens is 201 g/mol. The quantitative estimate of drug-likeness (QED) is 0.683. The van der Waals surface area contributed by atoms with E-state index in [4.69, 9.17) is 11.6 Å². The van der Waals surface area contributed by atoms with Crippen molar-refractivity contribution in [1.82, 2.24) is 4.90 Å². The van der Waals surface area contributed by atoms with E-state index in [0.29, 0.717) is 5.88 Å². The molecular formula is C11H15ClFN. The molecule has 0 fully saturated rings. The highest BCUT2D eigenvalue weighted by Crippen LogP contribution is 2.06. The molecule has 14 heavy (non-hydrogen) atoms. The molecule has 0 radical (unpaired) electrons. The fourth-order valence-corrected chi connectivity index (χ4v) is 1.48. The molecule has 0 aliphatic heterocycles. The average molecular weight is 216 g/mol. The molecule has 1 aromatic rings. The lowest BCUT2D eigenvalue weighted by atomic mass is 10.2. The van der Waals surface area contributed by atoms with Gasteiger partial charge in [-0.15, -0.1) is 11.6 Å². The minimum Gasteiger partial charge on any atom is -0.302 e. The number of alkyl halides is 1. The smallest absolute Gasteiger partial charge is 0.123 e. The first-order valence-corrected chi connectivity index (χ1v) is 5.25. The lowest BCUT2D eigenvalue weighted by Gasteiger charge is -2.15. The second kappa shape index (κ2) is 5.99. The van der Waals surface area contributed by atoms with Gasteiger partial charge in [0.1, 0.15) is 5.82 Å². The molecule has 3 heteroatoms. The minimum atomic E-state index is -0.173. The molecule has 1 rings (SSSR count). The minimum absolute atomic E-state index is 0.173. The summed E-state index contributed by atoms with van der Waals surface area (Å²) >= 11 is 5.59. The Bertz CT molecular complexity index is 278. The summed E-state index contributed by atoms with van der Waals surface area (Å²) in [6, 6.07) is 6.69.